The van der Waals surface area contributed by atoms with Crippen molar-refractivity contribution < 1.29 is 8.81 Å². The summed E-state index contributed by atoms with van der Waals surface area (Å²) in [6.07, 6.45) is 1.25. The van der Waals surface area contributed by atoms with Crippen LogP contribution in [0.5, 0.6) is 0 Å². The summed E-state index contributed by atoms with van der Waals surface area (Å²) in [7, 11) is 0. The maximum absolute atomic E-state index is 12.6. The van der Waals surface area contributed by atoms with Gasteiger partial charge in [0.15, 0.2) is 5.43 Å². The summed E-state index contributed by atoms with van der Waals surface area (Å²) in [5.74, 6) is -0.406. The highest BCUT2D eigenvalue weighted by atomic mass is 19.1. The number of benzene rings is 1. The van der Waals surface area contributed by atoms with Gasteiger partial charge in [0, 0.05) is 12.1 Å². The van der Waals surface area contributed by atoms with Crippen molar-refractivity contribution in [3.05, 3.63) is 46.6 Å². The van der Waals surface area contributed by atoms with Crippen LogP contribution >= 0.6 is 0 Å². The van der Waals surface area contributed by atoms with E-state index >= 15 is 0 Å². The average molecular weight is 164 g/mol. The Bertz CT molecular complexity index is 473. The number of rotatable bonds is 0. The minimum Gasteiger partial charge on any atom is -0.464 e. The maximum atomic E-state index is 12.6. The summed E-state index contributed by atoms with van der Waals surface area (Å²) < 4.78 is 17.5. The molecule has 12 heavy (non-hydrogen) atoms. The fourth-order valence-corrected chi connectivity index (χ4v) is 1.06. The van der Waals surface area contributed by atoms with Gasteiger partial charge in [0.1, 0.15) is 11.4 Å². The van der Waals surface area contributed by atoms with Gasteiger partial charge < -0.3 is 4.42 Å². The molecule has 0 atom stereocenters. The third kappa shape index (κ3) is 0.993. The van der Waals surface area contributed by atoms with E-state index < -0.39 is 5.82 Å². The first kappa shape index (κ1) is 7.03. The van der Waals surface area contributed by atoms with Crippen molar-refractivity contribution in [1.29, 1.82) is 0 Å². The van der Waals surface area contributed by atoms with Gasteiger partial charge in [0.2, 0.25) is 0 Å². The van der Waals surface area contributed by atoms with Crippen molar-refractivity contribution in [1.82, 2.24) is 0 Å². The van der Waals surface area contributed by atoms with E-state index in [1.165, 1.54) is 30.5 Å². The summed E-state index contributed by atoms with van der Waals surface area (Å²) in [5, 5.41) is 0.402. The van der Waals surface area contributed by atoms with Crippen LogP contribution in [0.4, 0.5) is 4.39 Å². The minimum atomic E-state index is -0.406. The number of fused-ring (bicyclic) bond motifs is 1. The van der Waals surface area contributed by atoms with Gasteiger partial charge in [-0.1, -0.05) is 0 Å². The van der Waals surface area contributed by atoms with Gasteiger partial charge in [-0.25, -0.2) is 4.39 Å². The van der Waals surface area contributed by atoms with Crippen LogP contribution in [0.2, 0.25) is 0 Å². The predicted molar refractivity (Wildman–Crippen MR) is 42.4 cm³/mol. The van der Waals surface area contributed by atoms with Gasteiger partial charge in [-0.15, -0.1) is 0 Å². The van der Waals surface area contributed by atoms with E-state index in [0.29, 0.717) is 5.39 Å². The molecular weight excluding hydrogens is 159 g/mol. The van der Waals surface area contributed by atoms with Crippen LogP contribution in [0.25, 0.3) is 11.0 Å². The molecule has 3 heteroatoms. The molecule has 1 heterocycles. The normalized spacial score (nSPS) is 10.4. The Morgan fingerprint density at radius 3 is 2.92 bits per heavy atom. The first-order chi connectivity index (χ1) is 5.77. The zero-order chi connectivity index (χ0) is 8.55. The molecular formula is C9H5FO2. The summed E-state index contributed by atoms with van der Waals surface area (Å²) in [4.78, 5) is 11.1. The lowest BCUT2D eigenvalue weighted by Gasteiger charge is -1.93. The van der Waals surface area contributed by atoms with Crippen LogP contribution in [0.1, 0.15) is 0 Å². The van der Waals surface area contributed by atoms with Crippen molar-refractivity contribution in [3.63, 3.8) is 0 Å². The molecule has 0 saturated heterocycles. The van der Waals surface area contributed by atoms with E-state index in [9.17, 15) is 9.18 Å². The molecule has 0 saturated carbocycles. The van der Waals surface area contributed by atoms with Crippen LogP contribution in [0.3, 0.4) is 0 Å². The second-order valence-corrected chi connectivity index (χ2v) is 2.43. The topological polar surface area (TPSA) is 30.2 Å². The molecule has 1 aromatic carbocycles. The van der Waals surface area contributed by atoms with Crippen LogP contribution in [-0.2, 0) is 0 Å². The molecule has 60 valence electrons. The Labute approximate surface area is 67.2 Å². The van der Waals surface area contributed by atoms with Crippen LogP contribution in [0.15, 0.2) is 39.7 Å². The SMILES string of the molecule is O=c1ccoc2cc(F)ccc12. The molecule has 2 aromatic rings. The van der Waals surface area contributed by atoms with Crippen molar-refractivity contribution in [2.75, 3.05) is 0 Å². The molecule has 2 rings (SSSR count). The molecule has 0 aliphatic carbocycles. The lowest BCUT2D eigenvalue weighted by molar-refractivity contribution is 0.588. The number of hydrogen-bond donors (Lipinski definition) is 0. The van der Waals surface area contributed by atoms with Crippen molar-refractivity contribution in [2.24, 2.45) is 0 Å². The standard InChI is InChI=1S/C9H5FO2/c10-6-1-2-7-8(11)3-4-12-9(7)5-6/h1-5H. The Morgan fingerprint density at radius 2 is 2.08 bits per heavy atom. The molecule has 0 radical (unpaired) electrons. The van der Waals surface area contributed by atoms with E-state index in [4.69, 9.17) is 4.42 Å². The molecule has 0 aliphatic heterocycles. The molecule has 0 N–H and O–H groups in total. The van der Waals surface area contributed by atoms with E-state index in [-0.39, 0.29) is 11.0 Å². The lowest BCUT2D eigenvalue weighted by atomic mass is 10.2. The Morgan fingerprint density at radius 1 is 1.25 bits per heavy atom. The number of halogens is 1. The molecule has 0 unspecified atom stereocenters. The number of hydrogen-bond acceptors (Lipinski definition) is 2. The Kier molecular flexibility index (Phi) is 1.43. The summed E-state index contributed by atoms with van der Waals surface area (Å²) in [6, 6.07) is 5.15. The third-order valence-electron chi connectivity index (χ3n) is 1.62. The largest absolute Gasteiger partial charge is 0.464 e. The molecule has 0 aliphatic rings. The first-order valence-electron chi connectivity index (χ1n) is 3.44. The van der Waals surface area contributed by atoms with Gasteiger partial charge in [-0.2, -0.15) is 0 Å². The predicted octanol–water partition coefficient (Wildman–Crippen LogP) is 1.93. The molecule has 2 nitrogen and oxygen atoms in total. The van der Waals surface area contributed by atoms with Crippen molar-refractivity contribution in [3.8, 4) is 0 Å². The molecule has 0 spiro atoms. The van der Waals surface area contributed by atoms with Gasteiger partial charge in [0.05, 0.1) is 11.6 Å². The highest BCUT2D eigenvalue weighted by Crippen LogP contribution is 2.10. The maximum Gasteiger partial charge on any atom is 0.192 e. The molecule has 0 bridgehead atoms. The second-order valence-electron chi connectivity index (χ2n) is 2.43. The summed E-state index contributed by atoms with van der Waals surface area (Å²) in [6.45, 7) is 0. The van der Waals surface area contributed by atoms with Crippen LogP contribution in [-0.4, -0.2) is 0 Å². The summed E-state index contributed by atoms with van der Waals surface area (Å²) >= 11 is 0. The molecule has 0 amide bonds. The third-order valence-corrected chi connectivity index (χ3v) is 1.62. The Balaban J connectivity index is 2.96. The van der Waals surface area contributed by atoms with Gasteiger partial charge in [0.25, 0.3) is 0 Å². The van der Waals surface area contributed by atoms with E-state index in [1.807, 2.05) is 0 Å². The lowest BCUT2D eigenvalue weighted by Crippen LogP contribution is -1.97. The molecule has 1 aromatic heterocycles. The minimum absolute atomic E-state index is 0.156. The van der Waals surface area contributed by atoms with Gasteiger partial charge in [-0.05, 0) is 12.1 Å². The van der Waals surface area contributed by atoms with E-state index in [0.717, 1.165) is 0 Å². The highest BCUT2D eigenvalue weighted by molar-refractivity contribution is 5.75. The fraction of sp³-hybridized carbons (Fsp3) is 0. The van der Waals surface area contributed by atoms with Gasteiger partial charge >= 0.3 is 0 Å². The highest BCUT2D eigenvalue weighted by Gasteiger charge is 1.99. The smallest absolute Gasteiger partial charge is 0.192 e. The van der Waals surface area contributed by atoms with Crippen molar-refractivity contribution in [2.45, 2.75) is 0 Å². The zero-order valence-corrected chi connectivity index (χ0v) is 6.08. The van der Waals surface area contributed by atoms with E-state index in [2.05, 4.69) is 0 Å². The fourth-order valence-electron chi connectivity index (χ4n) is 1.06. The average Bonchev–Trinajstić information content (AvgIpc) is 2.04. The van der Waals surface area contributed by atoms with Crippen LogP contribution in [0, 0.1) is 5.82 Å². The van der Waals surface area contributed by atoms with Gasteiger partial charge in [-0.3, -0.25) is 4.79 Å². The van der Waals surface area contributed by atoms with Crippen LogP contribution < -0.4 is 5.43 Å². The van der Waals surface area contributed by atoms with E-state index in [1.54, 1.807) is 0 Å². The molecule has 0 fully saturated rings. The second kappa shape index (κ2) is 2.44. The first-order valence-corrected chi connectivity index (χ1v) is 3.44. The Hall–Kier alpha value is -1.64. The van der Waals surface area contributed by atoms with Crippen molar-refractivity contribution >= 4 is 11.0 Å². The monoisotopic (exact) mass is 164 g/mol. The zero-order valence-electron chi connectivity index (χ0n) is 6.08. The quantitative estimate of drug-likeness (QED) is 0.595. The summed E-state index contributed by atoms with van der Waals surface area (Å²) in [5.41, 5.74) is 0.124.